The van der Waals surface area contributed by atoms with Crippen molar-refractivity contribution in [2.75, 3.05) is 18.5 Å². The molecule has 8 heteroatoms. The molecule has 1 aliphatic heterocycles. The molecule has 0 saturated carbocycles. The van der Waals surface area contributed by atoms with Crippen LogP contribution in [-0.2, 0) is 4.74 Å². The summed E-state index contributed by atoms with van der Waals surface area (Å²) in [6.07, 6.45) is 6.75. The molecule has 2 aromatic rings. The molecule has 0 spiro atoms. The van der Waals surface area contributed by atoms with Crippen LogP contribution in [0.3, 0.4) is 0 Å². The van der Waals surface area contributed by atoms with Gasteiger partial charge in [0.2, 0.25) is 0 Å². The first-order valence-electron chi connectivity index (χ1n) is 6.79. The van der Waals surface area contributed by atoms with Crippen molar-refractivity contribution < 1.29 is 9.53 Å². The number of hydrogen-bond donors (Lipinski definition) is 2. The average Bonchev–Trinajstić information content (AvgIpc) is 3.19. The molecule has 2 N–H and O–H groups in total. The maximum atomic E-state index is 11.7. The predicted molar refractivity (Wildman–Crippen MR) is 75.1 cm³/mol. The summed E-state index contributed by atoms with van der Waals surface area (Å²) in [6, 6.07) is 3.25. The minimum atomic E-state index is -0.263. The Kier molecular flexibility index (Phi) is 4.06. The van der Waals surface area contributed by atoms with Crippen molar-refractivity contribution >= 4 is 11.7 Å². The summed E-state index contributed by atoms with van der Waals surface area (Å²) in [5.41, 5.74) is 0.615. The summed E-state index contributed by atoms with van der Waals surface area (Å²) in [5, 5.41) is 9.49. The lowest BCUT2D eigenvalue weighted by atomic mass is 10.2. The Morgan fingerprint density at radius 1 is 1.48 bits per heavy atom. The molecule has 0 aliphatic carbocycles. The van der Waals surface area contributed by atoms with Crippen molar-refractivity contribution in [1.82, 2.24) is 25.1 Å². The van der Waals surface area contributed by atoms with Gasteiger partial charge in [0.15, 0.2) is 5.82 Å². The highest BCUT2D eigenvalue weighted by Crippen LogP contribution is 2.11. The number of carbonyl (C=O) groups is 1. The number of pyridine rings is 1. The molecule has 21 heavy (non-hydrogen) atoms. The second-order valence-electron chi connectivity index (χ2n) is 4.72. The van der Waals surface area contributed by atoms with Gasteiger partial charge in [-0.25, -0.2) is 19.4 Å². The van der Waals surface area contributed by atoms with Gasteiger partial charge in [-0.3, -0.25) is 0 Å². The third-order valence-corrected chi connectivity index (χ3v) is 3.17. The molecule has 2 amide bonds. The molecule has 0 radical (unpaired) electrons. The molecule has 1 fully saturated rings. The third-order valence-electron chi connectivity index (χ3n) is 3.17. The fraction of sp³-hybridized carbons (Fsp3) is 0.385. The standard InChI is InChI=1S/C13H16N6O2/c20-13(16-7-11-2-1-5-21-11)18-10-3-4-12(15-6-10)19-9-14-8-17-19/h3-4,6,8-9,11H,1-2,5,7H2,(H2,16,18,20)/t11-/m1/s1. The van der Waals surface area contributed by atoms with Gasteiger partial charge < -0.3 is 15.4 Å². The fourth-order valence-electron chi connectivity index (χ4n) is 2.11. The molecule has 0 unspecified atom stereocenters. The van der Waals surface area contributed by atoms with Crippen molar-refractivity contribution in [3.8, 4) is 5.82 Å². The smallest absolute Gasteiger partial charge is 0.319 e. The minimum absolute atomic E-state index is 0.128. The van der Waals surface area contributed by atoms with Crippen LogP contribution in [0.2, 0.25) is 0 Å². The lowest BCUT2D eigenvalue weighted by Crippen LogP contribution is -2.35. The SMILES string of the molecule is O=C(NC[C@H]1CCCO1)Nc1ccc(-n2cncn2)nc1. The van der Waals surface area contributed by atoms with Gasteiger partial charge in [-0.15, -0.1) is 0 Å². The number of nitrogens with one attached hydrogen (secondary N) is 2. The maximum absolute atomic E-state index is 11.7. The first-order valence-corrected chi connectivity index (χ1v) is 6.79. The Labute approximate surface area is 121 Å². The van der Waals surface area contributed by atoms with Crippen LogP contribution in [0, 0.1) is 0 Å². The van der Waals surface area contributed by atoms with Crippen molar-refractivity contribution in [1.29, 1.82) is 0 Å². The summed E-state index contributed by atoms with van der Waals surface area (Å²) in [5.74, 6) is 0.637. The second kappa shape index (κ2) is 6.31. The zero-order chi connectivity index (χ0) is 14.5. The van der Waals surface area contributed by atoms with E-state index in [2.05, 4.69) is 25.7 Å². The van der Waals surface area contributed by atoms with Crippen LogP contribution >= 0.6 is 0 Å². The van der Waals surface area contributed by atoms with Crippen LogP contribution in [0.25, 0.3) is 5.82 Å². The zero-order valence-electron chi connectivity index (χ0n) is 11.4. The number of amides is 2. The number of rotatable bonds is 4. The van der Waals surface area contributed by atoms with Crippen LogP contribution in [0.5, 0.6) is 0 Å². The lowest BCUT2D eigenvalue weighted by Gasteiger charge is -2.11. The van der Waals surface area contributed by atoms with E-state index in [1.807, 2.05) is 0 Å². The van der Waals surface area contributed by atoms with Crippen molar-refractivity contribution in [3.63, 3.8) is 0 Å². The van der Waals surface area contributed by atoms with E-state index in [0.29, 0.717) is 18.1 Å². The highest BCUT2D eigenvalue weighted by molar-refractivity contribution is 5.89. The Morgan fingerprint density at radius 3 is 3.10 bits per heavy atom. The number of carbonyl (C=O) groups excluding carboxylic acids is 1. The molecule has 1 aliphatic rings. The van der Waals surface area contributed by atoms with E-state index in [0.717, 1.165) is 19.4 Å². The summed E-state index contributed by atoms with van der Waals surface area (Å²) < 4.78 is 6.98. The Hall–Kier alpha value is -2.48. The molecule has 0 bridgehead atoms. The molecule has 3 heterocycles. The number of ether oxygens (including phenoxy) is 1. The Morgan fingerprint density at radius 2 is 2.43 bits per heavy atom. The van der Waals surface area contributed by atoms with Crippen LogP contribution in [0.4, 0.5) is 10.5 Å². The van der Waals surface area contributed by atoms with E-state index in [-0.39, 0.29) is 12.1 Å². The monoisotopic (exact) mass is 288 g/mol. The normalized spacial score (nSPS) is 17.6. The lowest BCUT2D eigenvalue weighted by molar-refractivity contribution is 0.112. The predicted octanol–water partition coefficient (Wildman–Crippen LogP) is 0.963. The number of hydrogen-bond acceptors (Lipinski definition) is 5. The summed E-state index contributed by atoms with van der Waals surface area (Å²) in [6.45, 7) is 1.30. The van der Waals surface area contributed by atoms with Gasteiger partial charge in [0, 0.05) is 13.2 Å². The number of anilines is 1. The fourth-order valence-corrected chi connectivity index (χ4v) is 2.11. The van der Waals surface area contributed by atoms with Gasteiger partial charge in [0.05, 0.1) is 18.0 Å². The molecular weight excluding hydrogens is 272 g/mol. The summed E-state index contributed by atoms with van der Waals surface area (Å²) in [4.78, 5) is 19.8. The molecule has 1 saturated heterocycles. The van der Waals surface area contributed by atoms with Gasteiger partial charge >= 0.3 is 6.03 Å². The van der Waals surface area contributed by atoms with Crippen molar-refractivity contribution in [2.45, 2.75) is 18.9 Å². The molecule has 0 aromatic carbocycles. The first-order chi connectivity index (χ1) is 10.3. The molecular formula is C13H16N6O2. The van der Waals surface area contributed by atoms with Crippen molar-refractivity contribution in [3.05, 3.63) is 31.0 Å². The van der Waals surface area contributed by atoms with E-state index in [4.69, 9.17) is 4.74 Å². The molecule has 8 nitrogen and oxygen atoms in total. The zero-order valence-corrected chi connectivity index (χ0v) is 11.4. The first kappa shape index (κ1) is 13.5. The Balaban J connectivity index is 1.51. The van der Waals surface area contributed by atoms with Crippen LogP contribution in [0.1, 0.15) is 12.8 Å². The third kappa shape index (κ3) is 3.54. The van der Waals surface area contributed by atoms with Gasteiger partial charge in [0.25, 0.3) is 0 Å². The van der Waals surface area contributed by atoms with Crippen molar-refractivity contribution in [2.24, 2.45) is 0 Å². The van der Waals surface area contributed by atoms with Gasteiger partial charge in [-0.1, -0.05) is 0 Å². The molecule has 110 valence electrons. The van der Waals surface area contributed by atoms with Gasteiger partial charge in [-0.05, 0) is 25.0 Å². The summed E-state index contributed by atoms with van der Waals surface area (Å²) >= 11 is 0. The molecule has 1 atom stereocenters. The number of urea groups is 1. The number of aromatic nitrogens is 4. The summed E-state index contributed by atoms with van der Waals surface area (Å²) in [7, 11) is 0. The molecule has 3 rings (SSSR count). The Bertz CT molecular complexity index is 577. The van der Waals surface area contributed by atoms with E-state index in [1.54, 1.807) is 29.3 Å². The maximum Gasteiger partial charge on any atom is 0.319 e. The number of nitrogens with zero attached hydrogens (tertiary/aromatic N) is 4. The van der Waals surface area contributed by atoms with Crippen LogP contribution < -0.4 is 10.6 Å². The highest BCUT2D eigenvalue weighted by atomic mass is 16.5. The van der Waals surface area contributed by atoms with Gasteiger partial charge in [0.1, 0.15) is 12.7 Å². The van der Waals surface area contributed by atoms with E-state index >= 15 is 0 Å². The topological polar surface area (TPSA) is 94.0 Å². The minimum Gasteiger partial charge on any atom is -0.376 e. The van der Waals surface area contributed by atoms with Crippen LogP contribution in [0.15, 0.2) is 31.0 Å². The average molecular weight is 288 g/mol. The largest absolute Gasteiger partial charge is 0.376 e. The quantitative estimate of drug-likeness (QED) is 0.874. The van der Waals surface area contributed by atoms with E-state index < -0.39 is 0 Å². The molecule has 2 aromatic heterocycles. The van der Waals surface area contributed by atoms with E-state index in [1.165, 1.54) is 6.33 Å². The van der Waals surface area contributed by atoms with Crippen LogP contribution in [-0.4, -0.2) is 45.0 Å². The second-order valence-corrected chi connectivity index (χ2v) is 4.72. The highest BCUT2D eigenvalue weighted by Gasteiger charge is 2.16. The van der Waals surface area contributed by atoms with Gasteiger partial charge in [-0.2, -0.15) is 5.10 Å². The van der Waals surface area contributed by atoms with E-state index in [9.17, 15) is 4.79 Å².